The number of hydrogen-bond acceptors (Lipinski definition) is 3. The molecule has 0 aromatic carbocycles. The van der Waals surface area contributed by atoms with Gasteiger partial charge in [-0.25, -0.2) is 0 Å². The van der Waals surface area contributed by atoms with E-state index in [1.165, 1.54) is 0 Å². The van der Waals surface area contributed by atoms with Gasteiger partial charge in [0.15, 0.2) is 0 Å². The first-order valence-electron chi connectivity index (χ1n) is 4.42. The van der Waals surface area contributed by atoms with Crippen LogP contribution in [-0.2, 0) is 4.79 Å². The zero-order valence-electron chi connectivity index (χ0n) is 8.26. The molecule has 0 rings (SSSR count). The molecule has 0 saturated carbocycles. The van der Waals surface area contributed by atoms with Crippen molar-refractivity contribution < 1.29 is 9.90 Å². The summed E-state index contributed by atoms with van der Waals surface area (Å²) in [5.74, 6) is -1.22. The normalized spacial score (nSPS) is 14.3. The quantitative estimate of drug-likeness (QED) is 0.479. The summed E-state index contributed by atoms with van der Waals surface area (Å²) in [7, 11) is 0. The van der Waals surface area contributed by atoms with E-state index in [4.69, 9.17) is 5.26 Å². The number of carboxylic acids is 1. The average molecular weight is 180 g/mol. The van der Waals surface area contributed by atoms with Crippen molar-refractivity contribution in [1.82, 2.24) is 0 Å². The zero-order chi connectivity index (χ0) is 10.4. The Balaban J connectivity index is 5.08. The summed E-state index contributed by atoms with van der Waals surface area (Å²) in [4.78, 5) is 10.6. The Hall–Kier alpha value is -1.30. The molecule has 3 heteroatoms. The van der Waals surface area contributed by atoms with E-state index in [1.807, 2.05) is 20.8 Å². The van der Waals surface area contributed by atoms with E-state index in [-0.39, 0.29) is 11.5 Å². The number of carboxylic acid groups (broad SMARTS) is 1. The molecule has 0 fully saturated rings. The van der Waals surface area contributed by atoms with Crippen molar-refractivity contribution in [3.8, 4) is 6.07 Å². The summed E-state index contributed by atoms with van der Waals surface area (Å²) >= 11 is 0. The van der Waals surface area contributed by atoms with E-state index in [0.717, 1.165) is 6.42 Å². The predicted octanol–water partition coefficient (Wildman–Crippen LogP) is 1.01. The molecule has 3 nitrogen and oxygen atoms in total. The number of allylic oxidation sites excluding steroid dienone is 1. The summed E-state index contributed by atoms with van der Waals surface area (Å²) in [6, 6.07) is 1.69. The molecule has 0 amide bonds. The highest BCUT2D eigenvalue weighted by molar-refractivity contribution is 5.90. The topological polar surface area (TPSA) is 63.9 Å². The first-order chi connectivity index (χ1) is 6.08. The highest BCUT2D eigenvalue weighted by Gasteiger charge is 2.11. The molecule has 72 valence electrons. The molecule has 1 unspecified atom stereocenters. The molecule has 0 radical (unpaired) electrons. The van der Waals surface area contributed by atoms with Crippen LogP contribution >= 0.6 is 0 Å². The Labute approximate surface area is 78.7 Å². The van der Waals surface area contributed by atoms with E-state index in [9.17, 15) is 9.90 Å². The summed E-state index contributed by atoms with van der Waals surface area (Å²) in [5.41, 5.74) is 0.488. The molecule has 0 aliphatic carbocycles. The minimum absolute atomic E-state index is 0.137. The van der Waals surface area contributed by atoms with Gasteiger partial charge in [0, 0.05) is 0 Å². The molecule has 1 atom stereocenters. The fraction of sp³-hybridized carbons (Fsp3) is 0.600. The third kappa shape index (κ3) is 2.90. The molecule has 0 N–H and O–H groups in total. The van der Waals surface area contributed by atoms with Gasteiger partial charge >= 0.3 is 0 Å². The molecule has 0 heterocycles. The van der Waals surface area contributed by atoms with Crippen LogP contribution < -0.4 is 5.11 Å². The molecule has 0 saturated heterocycles. The van der Waals surface area contributed by atoms with Crippen LogP contribution in [0.2, 0.25) is 0 Å². The monoisotopic (exact) mass is 180 g/mol. The first kappa shape index (κ1) is 11.7. The lowest BCUT2D eigenvalue weighted by Crippen LogP contribution is -2.25. The van der Waals surface area contributed by atoms with Crippen LogP contribution in [0.15, 0.2) is 11.1 Å². The highest BCUT2D eigenvalue weighted by Crippen LogP contribution is 2.21. The second-order valence-electron chi connectivity index (χ2n) is 2.96. The van der Waals surface area contributed by atoms with Gasteiger partial charge in [0.1, 0.15) is 6.07 Å². The smallest absolute Gasteiger partial charge is 0.101 e. The Morgan fingerprint density at radius 1 is 1.54 bits per heavy atom. The molecule has 0 bridgehead atoms. The maximum atomic E-state index is 10.6. The Morgan fingerprint density at radius 2 is 2.08 bits per heavy atom. The average Bonchev–Trinajstić information content (AvgIpc) is 2.12. The summed E-state index contributed by atoms with van der Waals surface area (Å²) < 4.78 is 0. The standard InChI is InChI=1S/C10H15NO2/c1-4-7(3)8(5-2)9(6-11)10(12)13/h7H,4-5H2,1-3H3,(H,12,13)/p-1. The van der Waals surface area contributed by atoms with Crippen molar-refractivity contribution in [2.75, 3.05) is 0 Å². The van der Waals surface area contributed by atoms with Crippen molar-refractivity contribution in [2.24, 2.45) is 5.92 Å². The van der Waals surface area contributed by atoms with Gasteiger partial charge in [-0.15, -0.1) is 0 Å². The fourth-order valence-electron chi connectivity index (χ4n) is 1.27. The molecule has 0 spiro atoms. The second kappa shape index (κ2) is 5.36. The highest BCUT2D eigenvalue weighted by atomic mass is 16.4. The maximum Gasteiger partial charge on any atom is 0.101 e. The number of carbonyl (C=O) groups excluding carboxylic acids is 1. The van der Waals surface area contributed by atoms with Gasteiger partial charge in [-0.2, -0.15) is 5.26 Å². The largest absolute Gasteiger partial charge is 0.544 e. The van der Waals surface area contributed by atoms with Crippen molar-refractivity contribution in [3.63, 3.8) is 0 Å². The second-order valence-corrected chi connectivity index (χ2v) is 2.96. The molecular weight excluding hydrogens is 166 g/mol. The lowest BCUT2D eigenvalue weighted by Gasteiger charge is -2.15. The van der Waals surface area contributed by atoms with Crippen LogP contribution in [0.5, 0.6) is 0 Å². The van der Waals surface area contributed by atoms with E-state index < -0.39 is 5.97 Å². The van der Waals surface area contributed by atoms with Gasteiger partial charge in [0.25, 0.3) is 0 Å². The van der Waals surface area contributed by atoms with Gasteiger partial charge in [0.2, 0.25) is 0 Å². The third-order valence-electron chi connectivity index (χ3n) is 2.23. The van der Waals surface area contributed by atoms with Crippen LogP contribution in [0.4, 0.5) is 0 Å². The number of hydrogen-bond donors (Lipinski definition) is 0. The Bertz CT molecular complexity index is 261. The van der Waals surface area contributed by atoms with E-state index in [2.05, 4.69) is 0 Å². The van der Waals surface area contributed by atoms with Gasteiger partial charge in [-0.05, 0) is 24.3 Å². The van der Waals surface area contributed by atoms with E-state index >= 15 is 0 Å². The Kier molecular flexibility index (Phi) is 4.83. The molecule has 13 heavy (non-hydrogen) atoms. The minimum atomic E-state index is -1.36. The molecule has 0 aromatic rings. The van der Waals surface area contributed by atoms with E-state index in [1.54, 1.807) is 6.07 Å². The van der Waals surface area contributed by atoms with Crippen molar-refractivity contribution in [3.05, 3.63) is 11.1 Å². The number of rotatable bonds is 4. The van der Waals surface area contributed by atoms with Gasteiger partial charge < -0.3 is 9.90 Å². The predicted molar refractivity (Wildman–Crippen MR) is 47.4 cm³/mol. The summed E-state index contributed by atoms with van der Waals surface area (Å²) in [5, 5.41) is 19.2. The SMILES string of the molecule is CCC(=C(C#N)C(=O)[O-])C(C)CC. The van der Waals surface area contributed by atoms with Gasteiger partial charge in [-0.3, -0.25) is 0 Å². The van der Waals surface area contributed by atoms with Crippen molar-refractivity contribution >= 4 is 5.97 Å². The fourth-order valence-corrected chi connectivity index (χ4v) is 1.27. The van der Waals surface area contributed by atoms with Crippen LogP contribution in [0.3, 0.4) is 0 Å². The lowest BCUT2D eigenvalue weighted by atomic mass is 9.92. The summed E-state index contributed by atoms with van der Waals surface area (Å²) in [6.45, 7) is 5.73. The van der Waals surface area contributed by atoms with E-state index in [0.29, 0.717) is 12.0 Å². The number of nitrogens with zero attached hydrogens (tertiary/aromatic N) is 1. The van der Waals surface area contributed by atoms with Gasteiger partial charge in [-0.1, -0.05) is 20.8 Å². The number of aliphatic carboxylic acids is 1. The number of carbonyl (C=O) groups is 1. The lowest BCUT2D eigenvalue weighted by molar-refractivity contribution is -0.298. The minimum Gasteiger partial charge on any atom is -0.544 e. The molecule has 0 aliphatic rings. The first-order valence-corrected chi connectivity index (χ1v) is 4.42. The Morgan fingerprint density at radius 3 is 2.31 bits per heavy atom. The number of nitriles is 1. The molecule has 0 aliphatic heterocycles. The molecular formula is C10H14NO2-. The van der Waals surface area contributed by atoms with Crippen LogP contribution in [-0.4, -0.2) is 5.97 Å². The van der Waals surface area contributed by atoms with Gasteiger partial charge in [0.05, 0.1) is 11.5 Å². The van der Waals surface area contributed by atoms with Crippen LogP contribution in [0, 0.1) is 17.2 Å². The zero-order valence-corrected chi connectivity index (χ0v) is 8.26. The van der Waals surface area contributed by atoms with Crippen LogP contribution in [0.1, 0.15) is 33.6 Å². The van der Waals surface area contributed by atoms with Crippen molar-refractivity contribution in [2.45, 2.75) is 33.6 Å². The van der Waals surface area contributed by atoms with Crippen LogP contribution in [0.25, 0.3) is 0 Å². The van der Waals surface area contributed by atoms with Crippen molar-refractivity contribution in [1.29, 1.82) is 5.26 Å². The molecule has 0 aromatic heterocycles. The maximum absolute atomic E-state index is 10.6. The third-order valence-corrected chi connectivity index (χ3v) is 2.23. The summed E-state index contributed by atoms with van der Waals surface area (Å²) in [6.07, 6.45) is 1.42.